The first-order valence-electron chi connectivity index (χ1n) is 8.54. The zero-order valence-corrected chi connectivity index (χ0v) is 13.8. The van der Waals surface area contributed by atoms with Gasteiger partial charge in [-0.05, 0) is 37.1 Å². The number of amides is 2. The Morgan fingerprint density at radius 1 is 1.00 bits per heavy atom. The van der Waals surface area contributed by atoms with Crippen LogP contribution in [0.2, 0.25) is 0 Å². The number of piperazine rings is 1. The number of nitrogens with zero attached hydrogens (tertiary/aromatic N) is 2. The van der Waals surface area contributed by atoms with E-state index >= 15 is 0 Å². The Bertz CT molecular complexity index is 556. The Hall–Kier alpha value is -1.88. The molecule has 1 heterocycles. The summed E-state index contributed by atoms with van der Waals surface area (Å²) in [5.74, 6) is -0.0161. The number of anilines is 1. The van der Waals surface area contributed by atoms with Crippen LogP contribution in [0, 0.1) is 0 Å². The lowest BCUT2D eigenvalue weighted by atomic mass is 10.1. The van der Waals surface area contributed by atoms with E-state index in [9.17, 15) is 9.59 Å². The molecule has 5 nitrogen and oxygen atoms in total. The molecule has 1 N–H and O–H groups in total. The summed E-state index contributed by atoms with van der Waals surface area (Å²) < 4.78 is 0. The predicted molar refractivity (Wildman–Crippen MR) is 90.5 cm³/mol. The summed E-state index contributed by atoms with van der Waals surface area (Å²) in [5.41, 5.74) is 1.41. The SMILES string of the molecule is CC(=O)Nc1ccc(C(=O)N2CCN(C3CCCC3)CC2)cc1. The van der Waals surface area contributed by atoms with Gasteiger partial charge in [0.1, 0.15) is 0 Å². The fraction of sp³-hybridized carbons (Fsp3) is 0.556. The van der Waals surface area contributed by atoms with Gasteiger partial charge in [0.15, 0.2) is 0 Å². The van der Waals surface area contributed by atoms with Crippen LogP contribution in [0.4, 0.5) is 5.69 Å². The second kappa shape index (κ2) is 7.13. The van der Waals surface area contributed by atoms with Gasteiger partial charge in [-0.1, -0.05) is 12.8 Å². The molecule has 3 rings (SSSR count). The number of rotatable bonds is 3. The van der Waals surface area contributed by atoms with E-state index in [-0.39, 0.29) is 11.8 Å². The molecule has 5 heteroatoms. The molecule has 1 aromatic rings. The number of hydrogen-bond donors (Lipinski definition) is 1. The maximum atomic E-state index is 12.6. The van der Waals surface area contributed by atoms with Crippen molar-refractivity contribution in [3.05, 3.63) is 29.8 Å². The van der Waals surface area contributed by atoms with Crippen molar-refractivity contribution >= 4 is 17.5 Å². The topological polar surface area (TPSA) is 52.7 Å². The number of nitrogens with one attached hydrogen (secondary N) is 1. The second-order valence-corrected chi connectivity index (χ2v) is 6.52. The van der Waals surface area contributed by atoms with Crippen LogP contribution < -0.4 is 5.32 Å². The van der Waals surface area contributed by atoms with Crippen molar-refractivity contribution < 1.29 is 9.59 Å². The molecule has 0 radical (unpaired) electrons. The molecule has 0 atom stereocenters. The fourth-order valence-electron chi connectivity index (χ4n) is 3.64. The van der Waals surface area contributed by atoms with Crippen molar-refractivity contribution in [2.75, 3.05) is 31.5 Å². The Labute approximate surface area is 137 Å². The molecule has 1 aliphatic carbocycles. The Kier molecular flexibility index (Phi) is 4.96. The van der Waals surface area contributed by atoms with Crippen LogP contribution in [0.15, 0.2) is 24.3 Å². The van der Waals surface area contributed by atoms with Crippen molar-refractivity contribution in [1.29, 1.82) is 0 Å². The van der Waals surface area contributed by atoms with Crippen LogP contribution in [0.3, 0.4) is 0 Å². The number of carbonyl (C=O) groups excluding carboxylic acids is 2. The third-order valence-electron chi connectivity index (χ3n) is 4.89. The van der Waals surface area contributed by atoms with Gasteiger partial charge in [-0.25, -0.2) is 0 Å². The van der Waals surface area contributed by atoms with E-state index in [0.717, 1.165) is 37.9 Å². The molecule has 0 unspecified atom stereocenters. The first-order chi connectivity index (χ1) is 11.1. The van der Waals surface area contributed by atoms with Gasteiger partial charge in [-0.15, -0.1) is 0 Å². The summed E-state index contributed by atoms with van der Waals surface area (Å²) >= 11 is 0. The minimum absolute atomic E-state index is 0.0884. The van der Waals surface area contributed by atoms with Gasteiger partial charge in [0, 0.05) is 50.4 Å². The standard InChI is InChI=1S/C18H25N3O2/c1-14(22)19-16-8-6-15(7-9-16)18(23)21-12-10-20(11-13-21)17-4-2-3-5-17/h6-9,17H,2-5,10-13H2,1H3,(H,19,22). The van der Waals surface area contributed by atoms with Gasteiger partial charge in [-0.2, -0.15) is 0 Å². The second-order valence-electron chi connectivity index (χ2n) is 6.52. The smallest absolute Gasteiger partial charge is 0.253 e. The summed E-state index contributed by atoms with van der Waals surface area (Å²) in [6.45, 7) is 5.06. The highest BCUT2D eigenvalue weighted by Gasteiger charge is 2.28. The van der Waals surface area contributed by atoms with E-state index in [0.29, 0.717) is 5.56 Å². The summed E-state index contributed by atoms with van der Waals surface area (Å²) in [4.78, 5) is 28.1. The molecule has 1 saturated carbocycles. The monoisotopic (exact) mass is 315 g/mol. The van der Waals surface area contributed by atoms with Gasteiger partial charge < -0.3 is 10.2 Å². The van der Waals surface area contributed by atoms with Gasteiger partial charge in [0.25, 0.3) is 5.91 Å². The minimum atomic E-state index is -0.105. The first kappa shape index (κ1) is 16.0. The molecular formula is C18H25N3O2. The van der Waals surface area contributed by atoms with Crippen LogP contribution in [0.5, 0.6) is 0 Å². The lowest BCUT2D eigenvalue weighted by Gasteiger charge is -2.38. The highest BCUT2D eigenvalue weighted by molar-refractivity contribution is 5.95. The van der Waals surface area contributed by atoms with Crippen molar-refractivity contribution in [3.8, 4) is 0 Å². The highest BCUT2D eigenvalue weighted by Crippen LogP contribution is 2.24. The van der Waals surface area contributed by atoms with Crippen LogP contribution in [0.1, 0.15) is 43.0 Å². The summed E-state index contributed by atoms with van der Waals surface area (Å²) in [6.07, 6.45) is 5.34. The van der Waals surface area contributed by atoms with Crippen LogP contribution >= 0.6 is 0 Å². The largest absolute Gasteiger partial charge is 0.336 e. The average molecular weight is 315 g/mol. The molecular weight excluding hydrogens is 290 g/mol. The minimum Gasteiger partial charge on any atom is -0.336 e. The van der Waals surface area contributed by atoms with Crippen LogP contribution in [-0.4, -0.2) is 53.8 Å². The molecule has 2 amide bonds. The molecule has 1 saturated heterocycles. The van der Waals surface area contributed by atoms with E-state index in [1.54, 1.807) is 24.3 Å². The highest BCUT2D eigenvalue weighted by atomic mass is 16.2. The lowest BCUT2D eigenvalue weighted by molar-refractivity contribution is -0.114. The van der Waals surface area contributed by atoms with E-state index in [2.05, 4.69) is 10.2 Å². The molecule has 2 aliphatic rings. The fourth-order valence-corrected chi connectivity index (χ4v) is 3.64. The van der Waals surface area contributed by atoms with Crippen molar-refractivity contribution in [2.45, 2.75) is 38.6 Å². The van der Waals surface area contributed by atoms with Gasteiger partial charge in [0.2, 0.25) is 5.91 Å². The van der Waals surface area contributed by atoms with Gasteiger partial charge >= 0.3 is 0 Å². The maximum absolute atomic E-state index is 12.6. The zero-order chi connectivity index (χ0) is 16.2. The van der Waals surface area contributed by atoms with Gasteiger partial charge in [-0.3, -0.25) is 14.5 Å². The van der Waals surface area contributed by atoms with Gasteiger partial charge in [0.05, 0.1) is 0 Å². The molecule has 0 aromatic heterocycles. The molecule has 0 bridgehead atoms. The van der Waals surface area contributed by atoms with Crippen LogP contribution in [-0.2, 0) is 4.79 Å². The van der Waals surface area contributed by atoms with Crippen molar-refractivity contribution in [1.82, 2.24) is 9.80 Å². The molecule has 23 heavy (non-hydrogen) atoms. The van der Waals surface area contributed by atoms with E-state index < -0.39 is 0 Å². The Morgan fingerprint density at radius 3 is 2.17 bits per heavy atom. The average Bonchev–Trinajstić information content (AvgIpc) is 3.09. The van der Waals surface area contributed by atoms with E-state index in [4.69, 9.17) is 0 Å². The zero-order valence-electron chi connectivity index (χ0n) is 13.8. The third kappa shape index (κ3) is 3.91. The quantitative estimate of drug-likeness (QED) is 0.931. The molecule has 2 fully saturated rings. The Morgan fingerprint density at radius 2 is 1.61 bits per heavy atom. The van der Waals surface area contributed by atoms with E-state index in [1.165, 1.54) is 32.6 Å². The van der Waals surface area contributed by atoms with Crippen LogP contribution in [0.25, 0.3) is 0 Å². The Balaban J connectivity index is 1.55. The number of hydrogen-bond acceptors (Lipinski definition) is 3. The first-order valence-corrected chi connectivity index (χ1v) is 8.54. The third-order valence-corrected chi connectivity index (χ3v) is 4.89. The van der Waals surface area contributed by atoms with E-state index in [1.807, 2.05) is 4.90 Å². The van der Waals surface area contributed by atoms with Crippen molar-refractivity contribution in [3.63, 3.8) is 0 Å². The maximum Gasteiger partial charge on any atom is 0.253 e. The summed E-state index contributed by atoms with van der Waals surface area (Å²) in [7, 11) is 0. The normalized spacial score (nSPS) is 19.8. The summed E-state index contributed by atoms with van der Waals surface area (Å²) in [5, 5.41) is 2.72. The molecule has 124 valence electrons. The lowest BCUT2D eigenvalue weighted by Crippen LogP contribution is -2.51. The predicted octanol–water partition coefficient (Wildman–Crippen LogP) is 2.35. The summed E-state index contributed by atoms with van der Waals surface area (Å²) in [6, 6.07) is 7.88. The number of benzene rings is 1. The molecule has 1 aliphatic heterocycles. The van der Waals surface area contributed by atoms with Crippen molar-refractivity contribution in [2.24, 2.45) is 0 Å². The number of carbonyl (C=O) groups is 2. The molecule has 0 spiro atoms. The molecule has 1 aromatic carbocycles.